The topological polar surface area (TPSA) is 66.0 Å². The van der Waals surface area contributed by atoms with Gasteiger partial charge < -0.3 is 20.3 Å². The van der Waals surface area contributed by atoms with Crippen LogP contribution in [0.5, 0.6) is 5.75 Å². The summed E-state index contributed by atoms with van der Waals surface area (Å²) in [6.45, 7) is 1.40. The van der Waals surface area contributed by atoms with Gasteiger partial charge in [-0.25, -0.2) is 0 Å². The molecule has 3 rings (SSSR count). The average Bonchev–Trinajstić information content (AvgIpc) is 3.08. The summed E-state index contributed by atoms with van der Waals surface area (Å²) in [6, 6.07) is 17.9. The number of halogens is 1. The minimum Gasteiger partial charge on any atom is -0.497 e. The van der Waals surface area contributed by atoms with Crippen LogP contribution < -0.4 is 20.3 Å². The molecule has 0 saturated carbocycles. The first-order chi connectivity index (χ1) is 13.2. The van der Waals surface area contributed by atoms with Crippen molar-refractivity contribution in [1.29, 1.82) is 0 Å². The summed E-state index contributed by atoms with van der Waals surface area (Å²) in [4.78, 5) is 18.4. The van der Waals surface area contributed by atoms with E-state index in [1.165, 1.54) is 5.56 Å². The van der Waals surface area contributed by atoms with Crippen LogP contribution in [-0.2, 0) is 11.2 Å². The van der Waals surface area contributed by atoms with E-state index in [0.29, 0.717) is 13.0 Å². The number of anilines is 1. The molecule has 0 aliphatic carbocycles. The van der Waals surface area contributed by atoms with Crippen molar-refractivity contribution in [3.63, 3.8) is 0 Å². The number of nitrogens with one attached hydrogen (secondary N) is 2. The number of rotatable bonds is 6. The molecule has 2 aromatic carbocycles. The van der Waals surface area contributed by atoms with Gasteiger partial charge in [0.25, 0.3) is 0 Å². The minimum absolute atomic E-state index is 0. The SMILES string of the molecule is CN=C(NCCc1ccc(OC)cc1)NC1CC(=O)N(c2ccccc2)C1.I. The van der Waals surface area contributed by atoms with E-state index in [2.05, 4.69) is 27.8 Å². The van der Waals surface area contributed by atoms with E-state index in [4.69, 9.17) is 4.74 Å². The predicted molar refractivity (Wildman–Crippen MR) is 124 cm³/mol. The predicted octanol–water partition coefficient (Wildman–Crippen LogP) is 2.83. The Labute approximate surface area is 183 Å². The maximum atomic E-state index is 12.3. The Morgan fingerprint density at radius 2 is 1.89 bits per heavy atom. The number of carbonyl (C=O) groups is 1. The van der Waals surface area contributed by atoms with Crippen LogP contribution in [0.1, 0.15) is 12.0 Å². The zero-order valence-electron chi connectivity index (χ0n) is 16.2. The van der Waals surface area contributed by atoms with E-state index < -0.39 is 0 Å². The molecule has 6 nitrogen and oxygen atoms in total. The zero-order valence-corrected chi connectivity index (χ0v) is 18.6. The number of para-hydroxylation sites is 1. The molecule has 1 unspecified atom stereocenters. The van der Waals surface area contributed by atoms with E-state index in [1.807, 2.05) is 47.4 Å². The largest absolute Gasteiger partial charge is 0.497 e. The lowest BCUT2D eigenvalue weighted by Crippen LogP contribution is -2.45. The average molecular weight is 494 g/mol. The highest BCUT2D eigenvalue weighted by atomic mass is 127. The molecule has 150 valence electrons. The second kappa shape index (κ2) is 10.9. The Balaban J connectivity index is 0.00000280. The molecule has 2 N–H and O–H groups in total. The van der Waals surface area contributed by atoms with Crippen LogP contribution in [0.4, 0.5) is 5.69 Å². The minimum atomic E-state index is 0. The molecule has 1 heterocycles. The standard InChI is InChI=1S/C21H26N4O2.HI/c1-22-21(23-13-12-16-8-10-19(27-2)11-9-16)24-17-14-20(26)25(15-17)18-6-4-3-5-7-18;/h3-11,17H,12-15H2,1-2H3,(H2,22,23,24);1H. The fraction of sp³-hybridized carbons (Fsp3) is 0.333. The van der Waals surface area contributed by atoms with Crippen LogP contribution in [0.15, 0.2) is 59.6 Å². The van der Waals surface area contributed by atoms with Crippen molar-refractivity contribution < 1.29 is 9.53 Å². The normalized spacial score (nSPS) is 16.5. The molecule has 1 saturated heterocycles. The Bertz CT molecular complexity index is 781. The highest BCUT2D eigenvalue weighted by Crippen LogP contribution is 2.20. The fourth-order valence-corrected chi connectivity index (χ4v) is 3.17. The van der Waals surface area contributed by atoms with Crippen LogP contribution in [-0.4, -0.2) is 45.2 Å². The monoisotopic (exact) mass is 494 g/mol. The molecule has 1 amide bonds. The van der Waals surface area contributed by atoms with Gasteiger partial charge in [-0.15, -0.1) is 24.0 Å². The number of methoxy groups -OCH3 is 1. The van der Waals surface area contributed by atoms with Crippen LogP contribution in [0.3, 0.4) is 0 Å². The van der Waals surface area contributed by atoms with E-state index in [9.17, 15) is 4.79 Å². The van der Waals surface area contributed by atoms with Gasteiger partial charge in [0.05, 0.1) is 13.2 Å². The quantitative estimate of drug-likeness (QED) is 0.369. The number of nitrogens with zero attached hydrogens (tertiary/aromatic N) is 2. The summed E-state index contributed by atoms with van der Waals surface area (Å²) in [5, 5.41) is 6.68. The third-order valence-electron chi connectivity index (χ3n) is 4.62. The van der Waals surface area contributed by atoms with Gasteiger partial charge in [-0.1, -0.05) is 30.3 Å². The first-order valence-electron chi connectivity index (χ1n) is 9.15. The molecule has 28 heavy (non-hydrogen) atoms. The van der Waals surface area contributed by atoms with Gasteiger partial charge in [-0.2, -0.15) is 0 Å². The van der Waals surface area contributed by atoms with Gasteiger partial charge in [-0.3, -0.25) is 9.79 Å². The second-order valence-electron chi connectivity index (χ2n) is 6.48. The number of hydrogen-bond donors (Lipinski definition) is 2. The number of guanidine groups is 1. The summed E-state index contributed by atoms with van der Waals surface area (Å²) >= 11 is 0. The highest BCUT2D eigenvalue weighted by Gasteiger charge is 2.30. The molecule has 1 aliphatic rings. The van der Waals surface area contributed by atoms with Crippen molar-refractivity contribution in [2.75, 3.05) is 32.1 Å². The van der Waals surface area contributed by atoms with Crippen LogP contribution >= 0.6 is 24.0 Å². The Morgan fingerprint density at radius 3 is 2.54 bits per heavy atom. The third kappa shape index (κ3) is 5.85. The molecular weight excluding hydrogens is 467 g/mol. The molecule has 0 radical (unpaired) electrons. The van der Waals surface area contributed by atoms with Crippen molar-refractivity contribution in [2.45, 2.75) is 18.9 Å². The van der Waals surface area contributed by atoms with Crippen molar-refractivity contribution in [3.8, 4) is 5.75 Å². The molecule has 0 spiro atoms. The number of ether oxygens (including phenoxy) is 1. The molecule has 0 bridgehead atoms. The van der Waals surface area contributed by atoms with Crippen LogP contribution in [0.25, 0.3) is 0 Å². The van der Waals surface area contributed by atoms with E-state index in [1.54, 1.807) is 14.2 Å². The van der Waals surface area contributed by atoms with Crippen molar-refractivity contribution in [1.82, 2.24) is 10.6 Å². The first kappa shape index (κ1) is 22.0. The lowest BCUT2D eigenvalue weighted by molar-refractivity contribution is -0.117. The maximum Gasteiger partial charge on any atom is 0.229 e. The number of hydrogen-bond acceptors (Lipinski definition) is 3. The van der Waals surface area contributed by atoms with Crippen molar-refractivity contribution >= 4 is 41.5 Å². The van der Waals surface area contributed by atoms with E-state index in [0.717, 1.165) is 30.4 Å². The number of amides is 1. The number of aliphatic imine (C=N–C) groups is 1. The van der Waals surface area contributed by atoms with Gasteiger partial charge in [-0.05, 0) is 36.2 Å². The zero-order chi connectivity index (χ0) is 19.1. The molecular formula is C21H27IN4O2. The summed E-state index contributed by atoms with van der Waals surface area (Å²) < 4.78 is 5.18. The van der Waals surface area contributed by atoms with Gasteiger partial charge in [0.2, 0.25) is 5.91 Å². The van der Waals surface area contributed by atoms with Crippen LogP contribution in [0, 0.1) is 0 Å². The van der Waals surface area contributed by atoms with Gasteiger partial charge in [0.1, 0.15) is 5.75 Å². The second-order valence-corrected chi connectivity index (χ2v) is 6.48. The Hall–Kier alpha value is -2.29. The maximum absolute atomic E-state index is 12.3. The van der Waals surface area contributed by atoms with Gasteiger partial charge in [0, 0.05) is 32.2 Å². The summed E-state index contributed by atoms with van der Waals surface area (Å²) in [5.74, 6) is 1.71. The van der Waals surface area contributed by atoms with E-state index in [-0.39, 0.29) is 35.9 Å². The fourth-order valence-electron chi connectivity index (χ4n) is 3.17. The molecule has 1 fully saturated rings. The smallest absolute Gasteiger partial charge is 0.229 e. The lowest BCUT2D eigenvalue weighted by Gasteiger charge is -2.19. The van der Waals surface area contributed by atoms with Gasteiger partial charge in [0.15, 0.2) is 5.96 Å². The highest BCUT2D eigenvalue weighted by molar-refractivity contribution is 14.0. The van der Waals surface area contributed by atoms with E-state index >= 15 is 0 Å². The van der Waals surface area contributed by atoms with Gasteiger partial charge >= 0.3 is 0 Å². The number of benzene rings is 2. The van der Waals surface area contributed by atoms with Crippen LogP contribution in [0.2, 0.25) is 0 Å². The molecule has 7 heteroatoms. The summed E-state index contributed by atoms with van der Waals surface area (Å²) in [7, 11) is 3.41. The molecule has 1 aliphatic heterocycles. The van der Waals surface area contributed by atoms with Crippen molar-refractivity contribution in [2.24, 2.45) is 4.99 Å². The Morgan fingerprint density at radius 1 is 1.18 bits per heavy atom. The number of carbonyl (C=O) groups excluding carboxylic acids is 1. The summed E-state index contributed by atoms with van der Waals surface area (Å²) in [5.41, 5.74) is 2.17. The molecule has 0 aromatic heterocycles. The lowest BCUT2D eigenvalue weighted by atomic mass is 10.1. The summed E-state index contributed by atoms with van der Waals surface area (Å²) in [6.07, 6.45) is 1.35. The molecule has 2 aromatic rings. The molecule has 1 atom stereocenters. The Kier molecular flexibility index (Phi) is 8.56. The third-order valence-corrected chi connectivity index (χ3v) is 4.62. The first-order valence-corrected chi connectivity index (χ1v) is 9.15. The van der Waals surface area contributed by atoms with Crippen molar-refractivity contribution in [3.05, 3.63) is 60.2 Å².